The molecule has 2 N–H and O–H groups in total. The van der Waals surface area contributed by atoms with Crippen molar-refractivity contribution in [2.45, 2.75) is 18.9 Å². The van der Waals surface area contributed by atoms with Crippen molar-refractivity contribution in [3.05, 3.63) is 0 Å². The second kappa shape index (κ2) is 7.69. The Balaban J connectivity index is 2.64. The molecule has 122 valence electrons. The van der Waals surface area contributed by atoms with Crippen molar-refractivity contribution in [2.75, 3.05) is 33.9 Å². The summed E-state index contributed by atoms with van der Waals surface area (Å²) >= 11 is 0. The molecule has 0 aromatic rings. The van der Waals surface area contributed by atoms with Gasteiger partial charge >= 0.3 is 11.9 Å². The highest BCUT2D eigenvalue weighted by Crippen LogP contribution is 2.20. The lowest BCUT2D eigenvalue weighted by Crippen LogP contribution is -2.52. The van der Waals surface area contributed by atoms with Gasteiger partial charge in [0.25, 0.3) is 10.2 Å². The maximum atomic E-state index is 12.1. The number of ether oxygens (including phenoxy) is 2. The second-order valence-corrected chi connectivity index (χ2v) is 6.37. The van der Waals surface area contributed by atoms with Gasteiger partial charge in [0, 0.05) is 20.2 Å². The summed E-state index contributed by atoms with van der Waals surface area (Å²) in [5.74, 6) is -2.00. The van der Waals surface area contributed by atoms with Crippen LogP contribution in [0.4, 0.5) is 0 Å². The van der Waals surface area contributed by atoms with Crippen molar-refractivity contribution in [1.82, 2.24) is 9.03 Å². The van der Waals surface area contributed by atoms with E-state index in [1.165, 1.54) is 14.2 Å². The monoisotopic (exact) mass is 324 g/mol. The van der Waals surface area contributed by atoms with Crippen molar-refractivity contribution < 1.29 is 32.6 Å². The third-order valence-corrected chi connectivity index (χ3v) is 4.88. The van der Waals surface area contributed by atoms with Crippen LogP contribution in [0.1, 0.15) is 12.8 Å². The van der Waals surface area contributed by atoms with E-state index in [-0.39, 0.29) is 31.6 Å². The molecule has 0 aliphatic carbocycles. The molecule has 0 aromatic heterocycles. The molecule has 9 nitrogen and oxygen atoms in total. The van der Waals surface area contributed by atoms with Gasteiger partial charge in [-0.05, 0) is 12.8 Å². The Labute approximate surface area is 123 Å². The Hall–Kier alpha value is -1.23. The van der Waals surface area contributed by atoms with E-state index in [1.54, 1.807) is 0 Å². The molecule has 21 heavy (non-hydrogen) atoms. The van der Waals surface area contributed by atoms with Crippen LogP contribution in [-0.2, 0) is 29.3 Å². The van der Waals surface area contributed by atoms with Gasteiger partial charge in [0.05, 0.1) is 19.6 Å². The highest BCUT2D eigenvalue weighted by molar-refractivity contribution is 7.87. The number of piperidine rings is 1. The van der Waals surface area contributed by atoms with E-state index in [0.717, 1.165) is 4.31 Å². The second-order valence-electron chi connectivity index (χ2n) is 4.67. The third-order valence-electron chi connectivity index (χ3n) is 3.25. The average Bonchev–Trinajstić information content (AvgIpc) is 2.45. The number of nitrogens with one attached hydrogen (secondary N) is 1. The van der Waals surface area contributed by atoms with Crippen LogP contribution in [0.15, 0.2) is 0 Å². The van der Waals surface area contributed by atoms with Crippen LogP contribution in [0, 0.1) is 5.92 Å². The SMILES string of the molecule is COCC(NS(=O)(=O)N1CCC(C(=O)OC)CC1)C(=O)O. The van der Waals surface area contributed by atoms with Crippen molar-refractivity contribution in [2.24, 2.45) is 5.92 Å². The van der Waals surface area contributed by atoms with Gasteiger partial charge in [-0.15, -0.1) is 0 Å². The van der Waals surface area contributed by atoms with E-state index in [2.05, 4.69) is 14.2 Å². The Morgan fingerprint density at radius 3 is 2.33 bits per heavy atom. The summed E-state index contributed by atoms with van der Waals surface area (Å²) < 4.78 is 36.7. The quantitative estimate of drug-likeness (QED) is 0.564. The number of aliphatic carboxylic acids is 1. The number of rotatable bonds is 7. The van der Waals surface area contributed by atoms with E-state index in [0.29, 0.717) is 12.8 Å². The Kier molecular flexibility index (Phi) is 6.52. The number of carbonyl (C=O) groups excluding carboxylic acids is 1. The highest BCUT2D eigenvalue weighted by Gasteiger charge is 2.34. The maximum Gasteiger partial charge on any atom is 0.324 e. The molecule has 1 fully saturated rings. The number of carbonyl (C=O) groups is 2. The van der Waals surface area contributed by atoms with Gasteiger partial charge in [0.1, 0.15) is 6.04 Å². The number of carboxylic acid groups (broad SMARTS) is 1. The summed E-state index contributed by atoms with van der Waals surface area (Å²) in [5, 5.41) is 8.93. The Bertz CT molecular complexity index is 471. The molecule has 1 saturated heterocycles. The maximum absolute atomic E-state index is 12.1. The summed E-state index contributed by atoms with van der Waals surface area (Å²) in [5.41, 5.74) is 0. The van der Waals surface area contributed by atoms with Crippen LogP contribution in [0.5, 0.6) is 0 Å². The lowest BCUT2D eigenvalue weighted by atomic mass is 9.99. The molecule has 1 unspecified atom stereocenters. The number of methoxy groups -OCH3 is 2. The first-order valence-electron chi connectivity index (χ1n) is 6.38. The van der Waals surface area contributed by atoms with E-state index in [1.807, 2.05) is 0 Å². The van der Waals surface area contributed by atoms with Crippen LogP contribution in [0.2, 0.25) is 0 Å². The fourth-order valence-electron chi connectivity index (χ4n) is 2.08. The van der Waals surface area contributed by atoms with Gasteiger partial charge in [0.2, 0.25) is 0 Å². The topological polar surface area (TPSA) is 122 Å². The molecule has 0 saturated carbocycles. The summed E-state index contributed by atoms with van der Waals surface area (Å²) in [6.45, 7) is -0.00394. The lowest BCUT2D eigenvalue weighted by Gasteiger charge is -2.30. The molecule has 10 heteroatoms. The minimum Gasteiger partial charge on any atom is -0.480 e. The number of hydrogen-bond acceptors (Lipinski definition) is 6. The van der Waals surface area contributed by atoms with Crippen molar-refractivity contribution in [3.8, 4) is 0 Å². The predicted molar refractivity (Wildman–Crippen MR) is 71.7 cm³/mol. The lowest BCUT2D eigenvalue weighted by molar-refractivity contribution is -0.146. The van der Waals surface area contributed by atoms with Gasteiger partial charge in [-0.2, -0.15) is 17.4 Å². The largest absolute Gasteiger partial charge is 0.480 e. The zero-order valence-corrected chi connectivity index (χ0v) is 12.8. The van der Waals surface area contributed by atoms with Crippen LogP contribution in [0.25, 0.3) is 0 Å². The molecule has 0 aromatic carbocycles. The molecular formula is C11H20N2O7S. The highest BCUT2D eigenvalue weighted by atomic mass is 32.2. The van der Waals surface area contributed by atoms with Crippen LogP contribution >= 0.6 is 0 Å². The van der Waals surface area contributed by atoms with Crippen LogP contribution in [0.3, 0.4) is 0 Å². The molecule has 1 aliphatic heterocycles. The molecule has 1 aliphatic rings. The van der Waals surface area contributed by atoms with Crippen molar-refractivity contribution in [3.63, 3.8) is 0 Å². The molecular weight excluding hydrogens is 304 g/mol. The van der Waals surface area contributed by atoms with Gasteiger partial charge in [-0.25, -0.2) is 0 Å². The smallest absolute Gasteiger partial charge is 0.324 e. The van der Waals surface area contributed by atoms with E-state index in [4.69, 9.17) is 5.11 Å². The number of carboxylic acids is 1. The van der Waals surface area contributed by atoms with Gasteiger partial charge in [-0.1, -0.05) is 0 Å². The fraction of sp³-hybridized carbons (Fsp3) is 0.818. The normalized spacial score (nSPS) is 19.1. The first kappa shape index (κ1) is 17.8. The summed E-state index contributed by atoms with van der Waals surface area (Å²) in [6, 6.07) is -1.35. The summed E-state index contributed by atoms with van der Waals surface area (Å²) in [4.78, 5) is 22.3. The Morgan fingerprint density at radius 2 is 1.90 bits per heavy atom. The fourth-order valence-corrected chi connectivity index (χ4v) is 3.44. The Morgan fingerprint density at radius 1 is 1.33 bits per heavy atom. The molecule has 1 rings (SSSR count). The van der Waals surface area contributed by atoms with E-state index >= 15 is 0 Å². The minimum atomic E-state index is -3.94. The molecule has 0 radical (unpaired) electrons. The van der Waals surface area contributed by atoms with Crippen molar-refractivity contribution >= 4 is 22.1 Å². The average molecular weight is 324 g/mol. The minimum absolute atomic E-state index is 0.133. The third kappa shape index (κ3) is 4.92. The zero-order valence-electron chi connectivity index (χ0n) is 11.9. The van der Waals surface area contributed by atoms with Gasteiger partial charge in [0.15, 0.2) is 0 Å². The van der Waals surface area contributed by atoms with E-state index in [9.17, 15) is 18.0 Å². The number of nitrogens with zero attached hydrogens (tertiary/aromatic N) is 1. The number of hydrogen-bond donors (Lipinski definition) is 2. The van der Waals surface area contributed by atoms with E-state index < -0.39 is 22.2 Å². The molecule has 0 amide bonds. The predicted octanol–water partition coefficient (Wildman–Crippen LogP) is -1.19. The zero-order chi connectivity index (χ0) is 16.0. The van der Waals surface area contributed by atoms with Crippen molar-refractivity contribution in [1.29, 1.82) is 0 Å². The molecule has 1 heterocycles. The first-order chi connectivity index (χ1) is 9.81. The van der Waals surface area contributed by atoms with Gasteiger partial charge < -0.3 is 14.6 Å². The molecule has 0 spiro atoms. The molecule has 0 bridgehead atoms. The number of esters is 1. The summed E-state index contributed by atoms with van der Waals surface area (Å²) in [6.07, 6.45) is 0.686. The van der Waals surface area contributed by atoms with Gasteiger partial charge in [-0.3, -0.25) is 9.59 Å². The van der Waals surface area contributed by atoms with Crippen LogP contribution in [-0.4, -0.2) is 69.7 Å². The van der Waals surface area contributed by atoms with Crippen LogP contribution < -0.4 is 4.72 Å². The summed E-state index contributed by atoms with van der Waals surface area (Å²) in [7, 11) is -1.36. The first-order valence-corrected chi connectivity index (χ1v) is 7.82. The molecule has 1 atom stereocenters. The standard InChI is InChI=1S/C11H20N2O7S/c1-19-7-9(10(14)15)12-21(17,18)13-5-3-8(4-6-13)11(16)20-2/h8-9,12H,3-7H2,1-2H3,(H,14,15).